The Labute approximate surface area is 94.4 Å². The Morgan fingerprint density at radius 1 is 1.47 bits per heavy atom. The van der Waals surface area contributed by atoms with E-state index in [4.69, 9.17) is 16.3 Å². The lowest BCUT2D eigenvalue weighted by molar-refractivity contribution is 0.393. The molecule has 0 radical (unpaired) electrons. The number of pyridine rings is 1. The molecule has 4 nitrogen and oxygen atoms in total. The minimum absolute atomic E-state index is 0.688. The summed E-state index contributed by atoms with van der Waals surface area (Å²) in [7, 11) is 3.93. The van der Waals surface area contributed by atoms with E-state index < -0.39 is 6.57 Å². The molecule has 2 heterocycles. The number of aryl methyl sites for hydroxylation is 1. The van der Waals surface area contributed by atoms with Gasteiger partial charge in [-0.1, -0.05) is 6.07 Å². The second-order valence-electron chi connectivity index (χ2n) is 3.47. The zero-order valence-corrected chi connectivity index (χ0v) is 10.5. The zero-order chi connectivity index (χ0) is 10.9. The minimum Gasteiger partial charge on any atom is -0.336 e. The van der Waals surface area contributed by atoms with Crippen LogP contribution >= 0.6 is 6.57 Å². The molecule has 0 amide bonds. The highest BCUT2D eigenvalue weighted by Gasteiger charge is 2.28. The van der Waals surface area contributed by atoms with Gasteiger partial charge in [0.25, 0.3) is 0 Å². The molecule has 6 heteroatoms. The summed E-state index contributed by atoms with van der Waals surface area (Å²) in [6.07, 6.45) is 1.95. The van der Waals surface area contributed by atoms with Gasteiger partial charge in [0.05, 0.1) is 6.61 Å². The van der Waals surface area contributed by atoms with Crippen LogP contribution in [0.5, 0.6) is 0 Å². The van der Waals surface area contributed by atoms with Crippen LogP contribution in [0.25, 0.3) is 0 Å². The number of hydrogen-bond acceptors (Lipinski definition) is 2. The average molecular weight is 243 g/mol. The van der Waals surface area contributed by atoms with Gasteiger partial charge < -0.3 is 9.09 Å². The van der Waals surface area contributed by atoms with Crippen LogP contribution in [0.3, 0.4) is 0 Å². The van der Waals surface area contributed by atoms with Gasteiger partial charge in [0.1, 0.15) is 5.49 Å². The number of aromatic nitrogens is 1. The topological polar surface area (TPSA) is 29.8 Å². The van der Waals surface area contributed by atoms with Gasteiger partial charge in [-0.15, -0.1) is 0 Å². The highest BCUT2D eigenvalue weighted by Crippen LogP contribution is 2.54. The second kappa shape index (κ2) is 4.18. The average Bonchev–Trinajstić information content (AvgIpc) is 2.51. The predicted molar refractivity (Wildman–Crippen MR) is 63.8 cm³/mol. The van der Waals surface area contributed by atoms with E-state index in [1.54, 1.807) is 0 Å². The molecule has 1 aromatic rings. The maximum absolute atomic E-state index is 5.58. The van der Waals surface area contributed by atoms with Gasteiger partial charge in [-0.25, -0.2) is 4.67 Å². The molecule has 1 aliphatic heterocycles. The second-order valence-corrected chi connectivity index (χ2v) is 7.02. The highest BCUT2D eigenvalue weighted by atomic mass is 32.4. The SMILES string of the molecule is CN1CCOP1(=S)/N=c1\ccccn1C. The molecule has 82 valence electrons. The molecule has 15 heavy (non-hydrogen) atoms. The first kappa shape index (κ1) is 11.0. The Kier molecular flexibility index (Phi) is 3.07. The lowest BCUT2D eigenvalue weighted by Gasteiger charge is -2.16. The molecule has 1 aliphatic rings. The fourth-order valence-electron chi connectivity index (χ4n) is 1.37. The molecule has 0 aromatic carbocycles. The number of rotatable bonds is 1. The summed E-state index contributed by atoms with van der Waals surface area (Å²) in [6, 6.07) is 5.87. The van der Waals surface area contributed by atoms with E-state index in [-0.39, 0.29) is 0 Å². The summed E-state index contributed by atoms with van der Waals surface area (Å²) in [5.41, 5.74) is 0.870. The van der Waals surface area contributed by atoms with E-state index >= 15 is 0 Å². The molecule has 2 rings (SSSR count). The van der Waals surface area contributed by atoms with Crippen molar-refractivity contribution in [1.82, 2.24) is 9.24 Å². The molecule has 1 atom stereocenters. The molecular formula is C9H14N3OPS. The highest BCUT2D eigenvalue weighted by molar-refractivity contribution is 8.10. The quantitative estimate of drug-likeness (QED) is 0.692. The lowest BCUT2D eigenvalue weighted by Crippen LogP contribution is -2.17. The third-order valence-corrected chi connectivity index (χ3v) is 5.80. The van der Waals surface area contributed by atoms with Crippen LogP contribution in [0.4, 0.5) is 0 Å². The predicted octanol–water partition coefficient (Wildman–Crippen LogP) is 1.11. The summed E-state index contributed by atoms with van der Waals surface area (Å²) in [4.78, 5) is 0. The Hall–Kier alpha value is -0.480. The van der Waals surface area contributed by atoms with Crippen molar-refractivity contribution in [2.24, 2.45) is 11.8 Å². The van der Waals surface area contributed by atoms with Crippen molar-refractivity contribution < 1.29 is 4.52 Å². The summed E-state index contributed by atoms with van der Waals surface area (Å²) in [5.74, 6) is 0. The van der Waals surface area contributed by atoms with Crippen molar-refractivity contribution in [3.8, 4) is 0 Å². The Morgan fingerprint density at radius 2 is 2.27 bits per heavy atom. The number of nitrogens with zero attached hydrogens (tertiary/aromatic N) is 3. The maximum Gasteiger partial charge on any atom is 0.249 e. The van der Waals surface area contributed by atoms with Crippen LogP contribution in [-0.2, 0) is 23.4 Å². The van der Waals surface area contributed by atoms with Crippen molar-refractivity contribution >= 4 is 18.4 Å². The van der Waals surface area contributed by atoms with E-state index in [1.165, 1.54) is 0 Å². The molecule has 1 unspecified atom stereocenters. The third-order valence-electron chi connectivity index (χ3n) is 2.36. The van der Waals surface area contributed by atoms with E-state index in [2.05, 4.69) is 4.76 Å². The smallest absolute Gasteiger partial charge is 0.249 e. The standard InChI is InChI=1S/C9H14N3OPS/c1-11-6-4-3-5-9(11)10-14(15)12(2)7-8-13-14/h3-6H,7-8H2,1-2H3/b10-9+. The largest absolute Gasteiger partial charge is 0.336 e. The molecule has 0 aliphatic carbocycles. The summed E-state index contributed by atoms with van der Waals surface area (Å²) in [6.45, 7) is -0.578. The molecule has 0 N–H and O–H groups in total. The first-order chi connectivity index (χ1) is 7.12. The monoisotopic (exact) mass is 243 g/mol. The fourth-order valence-corrected chi connectivity index (χ4v) is 3.62. The molecule has 0 bridgehead atoms. The molecule has 1 fully saturated rings. The van der Waals surface area contributed by atoms with Crippen LogP contribution in [0.15, 0.2) is 29.2 Å². The number of hydrogen-bond donors (Lipinski definition) is 0. The van der Waals surface area contributed by atoms with Gasteiger partial charge in [0.2, 0.25) is 6.57 Å². The molecule has 1 aromatic heterocycles. The normalized spacial score (nSPS) is 28.5. The molecule has 1 saturated heterocycles. The van der Waals surface area contributed by atoms with E-state index in [0.717, 1.165) is 12.0 Å². The summed E-state index contributed by atoms with van der Waals surface area (Å²) in [5, 5.41) is 0. The van der Waals surface area contributed by atoms with Crippen molar-refractivity contribution in [3.05, 3.63) is 29.9 Å². The summed E-state index contributed by atoms with van der Waals surface area (Å²) >= 11 is 5.47. The van der Waals surface area contributed by atoms with E-state index in [1.807, 2.05) is 47.7 Å². The van der Waals surface area contributed by atoms with Gasteiger partial charge in [-0.2, -0.15) is 4.76 Å². The Balaban J connectivity index is 2.47. The lowest BCUT2D eigenvalue weighted by atomic mass is 10.5. The van der Waals surface area contributed by atoms with E-state index in [0.29, 0.717) is 6.61 Å². The maximum atomic E-state index is 5.58. The van der Waals surface area contributed by atoms with Crippen LogP contribution < -0.4 is 5.49 Å². The molecule has 0 spiro atoms. The Morgan fingerprint density at radius 3 is 2.87 bits per heavy atom. The zero-order valence-electron chi connectivity index (χ0n) is 8.83. The minimum atomic E-state index is -2.14. The van der Waals surface area contributed by atoms with Gasteiger partial charge in [0.15, 0.2) is 0 Å². The van der Waals surface area contributed by atoms with Crippen molar-refractivity contribution in [2.75, 3.05) is 20.2 Å². The first-order valence-electron chi connectivity index (χ1n) is 4.76. The van der Waals surface area contributed by atoms with Gasteiger partial charge in [-0.05, 0) is 31.0 Å². The van der Waals surface area contributed by atoms with Gasteiger partial charge in [0, 0.05) is 19.8 Å². The van der Waals surface area contributed by atoms with Crippen molar-refractivity contribution in [1.29, 1.82) is 0 Å². The molecule has 0 saturated carbocycles. The van der Waals surface area contributed by atoms with Crippen LogP contribution in [0.2, 0.25) is 0 Å². The van der Waals surface area contributed by atoms with Crippen LogP contribution in [-0.4, -0.2) is 29.4 Å². The first-order valence-corrected chi connectivity index (χ1v) is 7.38. The van der Waals surface area contributed by atoms with Gasteiger partial charge >= 0.3 is 0 Å². The van der Waals surface area contributed by atoms with Crippen LogP contribution in [0, 0.1) is 0 Å². The molecular weight excluding hydrogens is 229 g/mol. The third kappa shape index (κ3) is 2.21. The van der Waals surface area contributed by atoms with E-state index in [9.17, 15) is 0 Å². The van der Waals surface area contributed by atoms with Crippen molar-refractivity contribution in [3.63, 3.8) is 0 Å². The van der Waals surface area contributed by atoms with Crippen LogP contribution in [0.1, 0.15) is 0 Å². The van der Waals surface area contributed by atoms with Crippen molar-refractivity contribution in [2.45, 2.75) is 0 Å². The fraction of sp³-hybridized carbons (Fsp3) is 0.444. The summed E-state index contributed by atoms with van der Waals surface area (Å²) < 4.78 is 14.1. The van der Waals surface area contributed by atoms with Gasteiger partial charge in [-0.3, -0.25) is 0 Å². The Bertz CT molecular complexity index is 470. The number of likely N-dealkylation sites (N-methyl/N-ethyl adjacent to an activating group) is 1.